The number of benzene rings is 1. The molecule has 1 atom stereocenters. The first-order valence-electron chi connectivity index (χ1n) is 12.4. The summed E-state index contributed by atoms with van der Waals surface area (Å²) in [5.41, 5.74) is 7.74. The van der Waals surface area contributed by atoms with Crippen LogP contribution in [-0.4, -0.2) is 33.0 Å². The van der Waals surface area contributed by atoms with E-state index in [2.05, 4.69) is 51.4 Å². The Morgan fingerprint density at radius 3 is 2.86 bits per heavy atom. The van der Waals surface area contributed by atoms with Crippen molar-refractivity contribution in [2.75, 3.05) is 6.54 Å². The monoisotopic (exact) mass is 499 g/mol. The number of nitrogens with one attached hydrogen (secondary N) is 1. The summed E-state index contributed by atoms with van der Waals surface area (Å²) in [6, 6.07) is 14.6. The third-order valence-electron chi connectivity index (χ3n) is 6.79. The summed E-state index contributed by atoms with van der Waals surface area (Å²) in [5.74, 6) is -0.207. The third-order valence-corrected chi connectivity index (χ3v) is 7.09. The number of aliphatic imine (C=N–C) groups is 1. The minimum absolute atomic E-state index is 0.207. The van der Waals surface area contributed by atoms with Crippen molar-refractivity contribution >= 4 is 23.2 Å². The average molecular weight is 500 g/mol. The quantitative estimate of drug-likeness (QED) is 0.432. The van der Waals surface area contributed by atoms with Crippen molar-refractivity contribution in [3.63, 3.8) is 0 Å². The molecule has 1 aliphatic carbocycles. The van der Waals surface area contributed by atoms with Crippen LogP contribution in [0.5, 0.6) is 0 Å². The highest BCUT2D eigenvalue weighted by atomic mass is 35.5. The smallest absolute Gasteiger partial charge is 0.253 e. The van der Waals surface area contributed by atoms with Crippen molar-refractivity contribution in [2.24, 2.45) is 4.99 Å². The van der Waals surface area contributed by atoms with E-state index in [-0.39, 0.29) is 11.9 Å². The molecule has 0 saturated carbocycles. The van der Waals surface area contributed by atoms with Gasteiger partial charge in [0.15, 0.2) is 0 Å². The number of carbonyl (C=O) groups is 1. The molecule has 0 radical (unpaired) electrons. The van der Waals surface area contributed by atoms with Gasteiger partial charge in [-0.3, -0.25) is 24.7 Å². The van der Waals surface area contributed by atoms with Crippen LogP contribution in [-0.2, 0) is 19.5 Å². The maximum Gasteiger partial charge on any atom is 0.253 e. The summed E-state index contributed by atoms with van der Waals surface area (Å²) in [6.07, 6.45) is 11.2. The van der Waals surface area contributed by atoms with Crippen LogP contribution in [0.4, 0.5) is 0 Å². The van der Waals surface area contributed by atoms with Gasteiger partial charge in [-0.1, -0.05) is 41.9 Å². The maximum absolute atomic E-state index is 12.6. The number of carbonyl (C=O) groups excluding carboxylic acids is 1. The zero-order valence-corrected chi connectivity index (χ0v) is 21.2. The molecule has 3 aromatic rings. The normalized spacial score (nSPS) is 16.9. The van der Waals surface area contributed by atoms with Gasteiger partial charge in [0.05, 0.1) is 22.3 Å². The summed E-state index contributed by atoms with van der Waals surface area (Å²) in [7, 11) is 0. The minimum Gasteiger partial charge on any atom is -0.348 e. The van der Waals surface area contributed by atoms with Gasteiger partial charge >= 0.3 is 0 Å². The van der Waals surface area contributed by atoms with Crippen molar-refractivity contribution in [1.82, 2.24) is 20.2 Å². The van der Waals surface area contributed by atoms with E-state index in [1.807, 2.05) is 24.5 Å². The predicted molar refractivity (Wildman–Crippen MR) is 143 cm³/mol. The number of hydrogen-bond donors (Lipinski definition) is 1. The Morgan fingerprint density at radius 1 is 1.14 bits per heavy atom. The number of amides is 1. The molecule has 1 unspecified atom stereocenters. The van der Waals surface area contributed by atoms with E-state index in [9.17, 15) is 4.79 Å². The molecule has 0 bridgehead atoms. The molecule has 5 rings (SSSR count). The number of aromatic nitrogens is 2. The number of aryl methyl sites for hydroxylation is 1. The van der Waals surface area contributed by atoms with E-state index >= 15 is 0 Å². The largest absolute Gasteiger partial charge is 0.348 e. The Labute approximate surface area is 217 Å². The van der Waals surface area contributed by atoms with E-state index in [4.69, 9.17) is 16.6 Å². The van der Waals surface area contributed by atoms with Gasteiger partial charge in [-0.05, 0) is 60.6 Å². The standard InChI is InChI=1S/C29H30ClN5O/c1-20-13-24(33-15-20)19-35(27-9-3-7-23-8-4-11-32-28(23)27)18-22-6-2-5-21(14-22)16-34-29(36)25-10-12-31-17-26(25)30/h2,4-6,8,10-12,14-15,17,27H,3,7,9,13,16,18-19H2,1H3,(H,34,36). The van der Waals surface area contributed by atoms with Gasteiger partial charge in [0, 0.05) is 56.6 Å². The molecule has 1 amide bonds. The van der Waals surface area contributed by atoms with Crippen molar-refractivity contribution in [3.8, 4) is 0 Å². The fraction of sp³-hybridized carbons (Fsp3) is 0.310. The lowest BCUT2D eigenvalue weighted by Crippen LogP contribution is -2.35. The van der Waals surface area contributed by atoms with Gasteiger partial charge in [-0.25, -0.2) is 0 Å². The predicted octanol–water partition coefficient (Wildman–Crippen LogP) is 5.69. The zero-order chi connectivity index (χ0) is 24.9. The first kappa shape index (κ1) is 24.3. The van der Waals surface area contributed by atoms with Crippen LogP contribution in [0.25, 0.3) is 0 Å². The van der Waals surface area contributed by atoms with Gasteiger partial charge in [0.1, 0.15) is 0 Å². The summed E-state index contributed by atoms with van der Waals surface area (Å²) in [4.78, 5) is 28.5. The first-order chi connectivity index (χ1) is 17.6. The number of rotatable bonds is 8. The van der Waals surface area contributed by atoms with Crippen LogP contribution in [0.3, 0.4) is 0 Å². The van der Waals surface area contributed by atoms with E-state index in [0.717, 1.165) is 44.3 Å². The number of fused-ring (bicyclic) bond motifs is 1. The van der Waals surface area contributed by atoms with Crippen molar-refractivity contribution < 1.29 is 4.79 Å². The Hall–Kier alpha value is -3.35. The number of allylic oxidation sites excluding steroid dienone is 1. The van der Waals surface area contributed by atoms with Gasteiger partial charge < -0.3 is 5.32 Å². The average Bonchev–Trinajstić information content (AvgIpc) is 3.31. The number of pyridine rings is 2. The summed E-state index contributed by atoms with van der Waals surface area (Å²) in [6.45, 7) is 4.16. The van der Waals surface area contributed by atoms with Crippen molar-refractivity contribution in [3.05, 3.63) is 106 Å². The molecule has 6 nitrogen and oxygen atoms in total. The molecule has 184 valence electrons. The number of hydrogen-bond acceptors (Lipinski definition) is 5. The second-order valence-corrected chi connectivity index (χ2v) is 9.97. The Bertz CT molecular complexity index is 1320. The van der Waals surface area contributed by atoms with Gasteiger partial charge in [-0.2, -0.15) is 0 Å². The highest BCUT2D eigenvalue weighted by Crippen LogP contribution is 2.34. The topological polar surface area (TPSA) is 70.5 Å². The van der Waals surface area contributed by atoms with Crippen LogP contribution in [0.1, 0.15) is 65.0 Å². The molecule has 1 aromatic carbocycles. The Morgan fingerprint density at radius 2 is 2.03 bits per heavy atom. The van der Waals surface area contributed by atoms with Crippen LogP contribution >= 0.6 is 11.6 Å². The zero-order valence-electron chi connectivity index (χ0n) is 20.5. The summed E-state index contributed by atoms with van der Waals surface area (Å²) in [5, 5.41) is 3.32. The van der Waals surface area contributed by atoms with E-state index in [1.165, 1.54) is 34.3 Å². The van der Waals surface area contributed by atoms with Gasteiger partial charge in [0.2, 0.25) is 0 Å². The highest BCUT2D eigenvalue weighted by molar-refractivity contribution is 6.33. The molecular weight excluding hydrogens is 470 g/mol. The molecule has 1 aliphatic heterocycles. The lowest BCUT2D eigenvalue weighted by Gasteiger charge is -2.35. The molecule has 2 aliphatic rings. The molecule has 3 heterocycles. The molecule has 0 saturated heterocycles. The Balaban J connectivity index is 1.33. The van der Waals surface area contributed by atoms with E-state index in [1.54, 1.807) is 12.3 Å². The van der Waals surface area contributed by atoms with Crippen LogP contribution in [0.2, 0.25) is 5.02 Å². The number of nitrogens with zero attached hydrogens (tertiary/aromatic N) is 4. The lowest BCUT2D eigenvalue weighted by atomic mass is 9.90. The van der Waals surface area contributed by atoms with E-state index < -0.39 is 0 Å². The van der Waals surface area contributed by atoms with Crippen LogP contribution < -0.4 is 5.32 Å². The van der Waals surface area contributed by atoms with Crippen molar-refractivity contribution in [1.29, 1.82) is 0 Å². The third kappa shape index (κ3) is 5.72. The lowest BCUT2D eigenvalue weighted by molar-refractivity contribution is 0.0951. The molecule has 1 N–H and O–H groups in total. The fourth-order valence-corrected chi connectivity index (χ4v) is 5.28. The second-order valence-electron chi connectivity index (χ2n) is 9.57. The summed E-state index contributed by atoms with van der Waals surface area (Å²) >= 11 is 6.12. The molecule has 0 spiro atoms. The molecule has 2 aromatic heterocycles. The highest BCUT2D eigenvalue weighted by Gasteiger charge is 2.28. The Kier molecular flexibility index (Phi) is 7.54. The van der Waals surface area contributed by atoms with Gasteiger partial charge in [-0.15, -0.1) is 0 Å². The number of halogens is 1. The molecule has 0 fully saturated rings. The summed E-state index contributed by atoms with van der Waals surface area (Å²) < 4.78 is 0. The minimum atomic E-state index is -0.207. The van der Waals surface area contributed by atoms with Crippen molar-refractivity contribution in [2.45, 2.75) is 51.7 Å². The fourth-order valence-electron chi connectivity index (χ4n) is 5.07. The van der Waals surface area contributed by atoms with Crippen LogP contribution in [0.15, 0.2) is 77.8 Å². The maximum atomic E-state index is 12.6. The molecule has 36 heavy (non-hydrogen) atoms. The second kappa shape index (κ2) is 11.1. The van der Waals surface area contributed by atoms with E-state index in [0.29, 0.717) is 17.1 Å². The van der Waals surface area contributed by atoms with Gasteiger partial charge in [0.25, 0.3) is 5.91 Å². The SMILES string of the molecule is CC1=CN=C(CN(Cc2cccc(CNC(=O)c3ccncc3Cl)c2)C2CCCc3cccnc32)C1. The molecular formula is C29H30ClN5O. The first-order valence-corrected chi connectivity index (χ1v) is 12.8. The molecule has 7 heteroatoms. The van der Waals surface area contributed by atoms with Crippen LogP contribution in [0, 0.1) is 0 Å².